The lowest BCUT2D eigenvalue weighted by Crippen LogP contribution is -2.36. The van der Waals surface area contributed by atoms with Crippen LogP contribution in [0.4, 0.5) is 4.39 Å². The summed E-state index contributed by atoms with van der Waals surface area (Å²) in [4.78, 5) is 24.6. The number of carboxylic acids is 1. The SMILES string of the molecule is CCOc1ccc(-c2cccc(C(C)(F)CCC(=N)N(CC)C(=O)CC)c2)cc1CC(=O)O.CCc1ccc(C(C)(C)C)cc1. The van der Waals surface area contributed by atoms with Crippen molar-refractivity contribution in [3.05, 3.63) is 89.0 Å². The van der Waals surface area contributed by atoms with E-state index in [1.165, 1.54) is 23.0 Å². The molecule has 6 nitrogen and oxygen atoms in total. The highest BCUT2D eigenvalue weighted by Gasteiger charge is 2.28. The molecule has 0 fully saturated rings. The molecule has 3 aromatic rings. The van der Waals surface area contributed by atoms with Crippen molar-refractivity contribution in [3.8, 4) is 16.9 Å². The number of aliphatic carboxylic acids is 1. The van der Waals surface area contributed by atoms with Crippen LogP contribution in [-0.2, 0) is 33.5 Å². The molecule has 0 heterocycles. The van der Waals surface area contributed by atoms with E-state index in [0.29, 0.717) is 36.4 Å². The number of amidine groups is 1. The predicted molar refractivity (Wildman–Crippen MR) is 182 cm³/mol. The monoisotopic (exact) mass is 618 g/mol. The van der Waals surface area contributed by atoms with E-state index in [9.17, 15) is 14.7 Å². The number of carboxylic acid groups (broad SMARTS) is 1. The van der Waals surface area contributed by atoms with Crippen LogP contribution >= 0.6 is 0 Å². The Morgan fingerprint density at radius 3 is 2.07 bits per heavy atom. The van der Waals surface area contributed by atoms with Crippen LogP contribution in [0.25, 0.3) is 11.1 Å². The van der Waals surface area contributed by atoms with E-state index in [1.54, 1.807) is 44.2 Å². The van der Waals surface area contributed by atoms with Gasteiger partial charge in [-0.05, 0) is 85.0 Å². The third-order valence-corrected chi connectivity index (χ3v) is 7.80. The number of rotatable bonds is 12. The van der Waals surface area contributed by atoms with Gasteiger partial charge in [0.05, 0.1) is 13.0 Å². The Bertz CT molecular complexity index is 1420. The van der Waals surface area contributed by atoms with Gasteiger partial charge < -0.3 is 14.7 Å². The van der Waals surface area contributed by atoms with Gasteiger partial charge in [0, 0.05) is 24.9 Å². The van der Waals surface area contributed by atoms with Gasteiger partial charge in [0.2, 0.25) is 5.91 Å². The highest BCUT2D eigenvalue weighted by Crippen LogP contribution is 2.35. The third-order valence-electron chi connectivity index (χ3n) is 7.80. The first kappa shape index (κ1) is 37.2. The molecule has 45 heavy (non-hydrogen) atoms. The second-order valence-corrected chi connectivity index (χ2v) is 12.3. The number of nitrogens with one attached hydrogen (secondary N) is 1. The molecule has 1 amide bonds. The van der Waals surface area contributed by atoms with Gasteiger partial charge in [-0.15, -0.1) is 0 Å². The Morgan fingerprint density at radius 1 is 0.889 bits per heavy atom. The number of amides is 1. The molecule has 0 spiro atoms. The maximum absolute atomic E-state index is 15.6. The van der Waals surface area contributed by atoms with Crippen molar-refractivity contribution in [1.29, 1.82) is 5.41 Å². The number of nitrogens with zero attached hydrogens (tertiary/aromatic N) is 1. The van der Waals surface area contributed by atoms with Gasteiger partial charge in [-0.2, -0.15) is 0 Å². The number of benzene rings is 3. The van der Waals surface area contributed by atoms with Gasteiger partial charge >= 0.3 is 5.97 Å². The second-order valence-electron chi connectivity index (χ2n) is 12.3. The van der Waals surface area contributed by atoms with Crippen LogP contribution < -0.4 is 4.74 Å². The van der Waals surface area contributed by atoms with Gasteiger partial charge in [-0.3, -0.25) is 15.0 Å². The Balaban J connectivity index is 0.000000490. The Morgan fingerprint density at radius 2 is 1.53 bits per heavy atom. The minimum atomic E-state index is -1.70. The first-order valence-electron chi connectivity index (χ1n) is 15.9. The maximum atomic E-state index is 15.6. The van der Waals surface area contributed by atoms with Crippen LogP contribution in [0.1, 0.15) is 96.9 Å². The van der Waals surface area contributed by atoms with Crippen LogP contribution in [0.3, 0.4) is 0 Å². The lowest BCUT2D eigenvalue weighted by molar-refractivity contribution is -0.136. The summed E-state index contributed by atoms with van der Waals surface area (Å²) in [5.41, 5.74) is 3.97. The summed E-state index contributed by atoms with van der Waals surface area (Å²) in [6.45, 7) is 16.6. The fourth-order valence-corrected chi connectivity index (χ4v) is 4.96. The average molecular weight is 619 g/mol. The predicted octanol–water partition coefficient (Wildman–Crippen LogP) is 9.13. The Hall–Kier alpha value is -4.00. The number of aryl methyl sites for hydroxylation is 1. The van der Waals surface area contributed by atoms with E-state index in [-0.39, 0.29) is 36.4 Å². The minimum Gasteiger partial charge on any atom is -0.494 e. The van der Waals surface area contributed by atoms with Crippen LogP contribution in [0.2, 0.25) is 0 Å². The molecule has 3 rings (SSSR count). The summed E-state index contributed by atoms with van der Waals surface area (Å²) in [6, 6.07) is 21.3. The number of ether oxygens (including phenoxy) is 1. The number of hydrogen-bond donors (Lipinski definition) is 2. The smallest absolute Gasteiger partial charge is 0.307 e. The molecule has 3 aromatic carbocycles. The van der Waals surface area contributed by atoms with Gasteiger partial charge in [-0.1, -0.05) is 83.1 Å². The van der Waals surface area contributed by atoms with E-state index in [4.69, 9.17) is 10.1 Å². The number of carbonyl (C=O) groups is 2. The lowest BCUT2D eigenvalue weighted by atomic mass is 9.86. The molecule has 0 saturated heterocycles. The maximum Gasteiger partial charge on any atom is 0.307 e. The largest absolute Gasteiger partial charge is 0.494 e. The van der Waals surface area contributed by atoms with Crippen molar-refractivity contribution < 1.29 is 23.8 Å². The molecule has 0 saturated carbocycles. The second kappa shape index (κ2) is 16.9. The molecule has 0 bridgehead atoms. The number of hydrogen-bond acceptors (Lipinski definition) is 4. The van der Waals surface area contributed by atoms with Crippen molar-refractivity contribution >= 4 is 17.7 Å². The van der Waals surface area contributed by atoms with Crippen LogP contribution in [-0.4, -0.2) is 40.9 Å². The van der Waals surface area contributed by atoms with Crippen molar-refractivity contribution in [2.45, 2.75) is 98.6 Å². The zero-order valence-electron chi connectivity index (χ0n) is 28.3. The molecule has 0 aliphatic rings. The van der Waals surface area contributed by atoms with Gasteiger partial charge in [-0.25, -0.2) is 4.39 Å². The molecule has 0 aromatic heterocycles. The third kappa shape index (κ3) is 11.1. The van der Waals surface area contributed by atoms with E-state index in [2.05, 4.69) is 52.0 Å². The first-order chi connectivity index (χ1) is 21.2. The van der Waals surface area contributed by atoms with Crippen molar-refractivity contribution in [1.82, 2.24) is 4.90 Å². The molecule has 2 N–H and O–H groups in total. The summed E-state index contributed by atoms with van der Waals surface area (Å²) >= 11 is 0. The van der Waals surface area contributed by atoms with E-state index >= 15 is 4.39 Å². The molecule has 0 aliphatic heterocycles. The average Bonchev–Trinajstić information content (AvgIpc) is 3.01. The fraction of sp³-hybridized carbons (Fsp3) is 0.447. The lowest BCUT2D eigenvalue weighted by Gasteiger charge is -2.25. The summed E-state index contributed by atoms with van der Waals surface area (Å²) in [5, 5.41) is 17.4. The molecule has 0 radical (unpaired) electrons. The zero-order valence-corrected chi connectivity index (χ0v) is 28.3. The first-order valence-corrected chi connectivity index (χ1v) is 15.9. The quantitative estimate of drug-likeness (QED) is 0.156. The number of carbonyl (C=O) groups excluding carboxylic acids is 1. The fourth-order valence-electron chi connectivity index (χ4n) is 4.96. The molecule has 7 heteroatoms. The van der Waals surface area contributed by atoms with Crippen LogP contribution in [0, 0.1) is 5.41 Å². The van der Waals surface area contributed by atoms with E-state index in [0.717, 1.165) is 17.5 Å². The topological polar surface area (TPSA) is 90.7 Å². The van der Waals surface area contributed by atoms with Crippen molar-refractivity contribution in [3.63, 3.8) is 0 Å². The molecular weight excluding hydrogens is 567 g/mol. The van der Waals surface area contributed by atoms with Gasteiger partial charge in [0.15, 0.2) is 0 Å². The van der Waals surface area contributed by atoms with Crippen LogP contribution in [0.5, 0.6) is 5.75 Å². The minimum absolute atomic E-state index is 0.0658. The van der Waals surface area contributed by atoms with Crippen molar-refractivity contribution in [2.24, 2.45) is 0 Å². The standard InChI is InChI=1S/C26H33FN2O4.C12H18/c1-5-24(30)29(6-2)23(28)13-14-26(4,27)21-10-8-9-18(16-21)19-11-12-22(33-7-3)20(15-19)17-25(31)32;1-5-10-6-8-11(9-7-10)12(2,3)4/h8-12,15-16,28H,5-7,13-14,17H2,1-4H3,(H,31,32);6-9H,5H2,1-4H3. The molecule has 244 valence electrons. The molecule has 0 aliphatic carbocycles. The highest BCUT2D eigenvalue weighted by atomic mass is 19.1. The summed E-state index contributed by atoms with van der Waals surface area (Å²) in [5.74, 6) is -0.453. The van der Waals surface area contributed by atoms with Crippen molar-refractivity contribution in [2.75, 3.05) is 13.2 Å². The molecule has 1 unspecified atom stereocenters. The van der Waals surface area contributed by atoms with Crippen LogP contribution in [0.15, 0.2) is 66.7 Å². The Labute approximate surface area is 269 Å². The zero-order chi connectivity index (χ0) is 33.8. The summed E-state index contributed by atoms with van der Waals surface area (Å²) < 4.78 is 21.2. The Kier molecular flexibility index (Phi) is 14.0. The van der Waals surface area contributed by atoms with Gasteiger partial charge in [0.25, 0.3) is 0 Å². The molecular formula is C38H51FN2O4. The number of halogens is 1. The molecule has 1 atom stereocenters. The summed E-state index contributed by atoms with van der Waals surface area (Å²) in [6.07, 6.45) is 1.47. The highest BCUT2D eigenvalue weighted by molar-refractivity contribution is 5.96. The van der Waals surface area contributed by atoms with Gasteiger partial charge in [0.1, 0.15) is 17.3 Å². The summed E-state index contributed by atoms with van der Waals surface area (Å²) in [7, 11) is 0. The normalized spacial score (nSPS) is 12.4. The van der Waals surface area contributed by atoms with E-state index < -0.39 is 11.6 Å². The van der Waals surface area contributed by atoms with E-state index in [1.807, 2.05) is 19.1 Å². The number of alkyl halides is 1.